The van der Waals surface area contributed by atoms with Crippen molar-refractivity contribution in [2.24, 2.45) is 5.92 Å². The minimum Gasteiger partial charge on any atom is -0.376 e. The average molecular weight is 274 g/mol. The van der Waals surface area contributed by atoms with Gasteiger partial charge in [-0.3, -0.25) is 10.1 Å². The van der Waals surface area contributed by atoms with Crippen LogP contribution in [0.15, 0.2) is 18.5 Å². The molecule has 2 heterocycles. The van der Waals surface area contributed by atoms with Gasteiger partial charge in [-0.05, 0) is 24.8 Å². The lowest BCUT2D eigenvalue weighted by Crippen LogP contribution is -2.24. The van der Waals surface area contributed by atoms with Crippen LogP contribution in [-0.4, -0.2) is 20.9 Å². The summed E-state index contributed by atoms with van der Waals surface area (Å²) in [5, 5.41) is 15.4. The molecule has 1 aliphatic carbocycles. The lowest BCUT2D eigenvalue weighted by Gasteiger charge is -2.21. The first-order valence-electron chi connectivity index (χ1n) is 7.07. The van der Waals surface area contributed by atoms with Crippen LogP contribution in [0, 0.1) is 16.0 Å². The van der Waals surface area contributed by atoms with Gasteiger partial charge >= 0.3 is 5.69 Å². The third kappa shape index (κ3) is 2.11. The summed E-state index contributed by atoms with van der Waals surface area (Å²) in [6, 6.07) is 2.16. The molecule has 2 aromatic heterocycles. The van der Waals surface area contributed by atoms with E-state index in [0.717, 1.165) is 18.2 Å². The fourth-order valence-electron chi connectivity index (χ4n) is 3.19. The first kappa shape index (κ1) is 12.9. The van der Waals surface area contributed by atoms with Crippen molar-refractivity contribution in [3.63, 3.8) is 0 Å². The van der Waals surface area contributed by atoms with Crippen molar-refractivity contribution in [1.29, 1.82) is 0 Å². The van der Waals surface area contributed by atoms with E-state index in [-0.39, 0.29) is 10.6 Å². The maximum absolute atomic E-state index is 11.2. The first-order valence-corrected chi connectivity index (χ1v) is 7.07. The van der Waals surface area contributed by atoms with E-state index < -0.39 is 0 Å². The summed E-state index contributed by atoms with van der Waals surface area (Å²) in [6.07, 6.45) is 7.65. The smallest absolute Gasteiger partial charge is 0.311 e. The Kier molecular flexibility index (Phi) is 3.30. The number of nitrogens with one attached hydrogen (secondary N) is 2. The van der Waals surface area contributed by atoms with Crippen LogP contribution in [0.4, 0.5) is 11.4 Å². The van der Waals surface area contributed by atoms with Gasteiger partial charge in [-0.25, -0.2) is 4.98 Å². The molecule has 1 fully saturated rings. The molecule has 2 atom stereocenters. The Morgan fingerprint density at radius 2 is 2.40 bits per heavy atom. The molecule has 20 heavy (non-hydrogen) atoms. The Hall–Kier alpha value is -2.11. The summed E-state index contributed by atoms with van der Waals surface area (Å²) < 4.78 is 0. The quantitative estimate of drug-likeness (QED) is 0.660. The van der Waals surface area contributed by atoms with Crippen LogP contribution < -0.4 is 5.32 Å². The lowest BCUT2D eigenvalue weighted by atomic mass is 10.00. The molecule has 2 aromatic rings. The Balaban J connectivity index is 2.02. The molecule has 0 saturated heterocycles. The number of nitrogens with zero attached hydrogens (tertiary/aromatic N) is 2. The molecule has 0 unspecified atom stereocenters. The third-order valence-electron chi connectivity index (χ3n) is 4.28. The number of hydrogen-bond acceptors (Lipinski definition) is 4. The summed E-state index contributed by atoms with van der Waals surface area (Å²) in [6.45, 7) is 2.18. The van der Waals surface area contributed by atoms with E-state index in [1.807, 2.05) is 6.07 Å². The zero-order valence-electron chi connectivity index (χ0n) is 11.4. The molecule has 0 aromatic carbocycles. The van der Waals surface area contributed by atoms with Crippen LogP contribution in [0.3, 0.4) is 0 Å². The molecule has 0 radical (unpaired) electrons. The van der Waals surface area contributed by atoms with Gasteiger partial charge in [-0.2, -0.15) is 0 Å². The minimum atomic E-state index is -0.363. The molecule has 2 N–H and O–H groups in total. The number of anilines is 1. The minimum absolute atomic E-state index is 0.0545. The molecule has 0 bridgehead atoms. The zero-order valence-corrected chi connectivity index (χ0v) is 11.4. The monoisotopic (exact) mass is 274 g/mol. The molecule has 0 amide bonds. The van der Waals surface area contributed by atoms with Crippen LogP contribution in [0.2, 0.25) is 0 Å². The Labute approximate surface area is 116 Å². The van der Waals surface area contributed by atoms with Crippen LogP contribution in [0.25, 0.3) is 11.0 Å². The molecule has 0 spiro atoms. The highest BCUT2D eigenvalue weighted by Crippen LogP contribution is 2.36. The average Bonchev–Trinajstić information content (AvgIpc) is 3.06. The molecular weight excluding hydrogens is 256 g/mol. The number of aromatic amines is 1. The Bertz CT molecular complexity index is 637. The van der Waals surface area contributed by atoms with E-state index in [2.05, 4.69) is 22.2 Å². The number of pyridine rings is 1. The van der Waals surface area contributed by atoms with Crippen molar-refractivity contribution >= 4 is 22.4 Å². The molecule has 6 nitrogen and oxygen atoms in total. The highest BCUT2D eigenvalue weighted by Gasteiger charge is 2.29. The normalized spacial score (nSPS) is 22.2. The SMILES string of the molecule is CC[C@@H]1CCC[C@@H]1Nc1c([N+](=O)[O-])cnc2[nH]ccc12. The molecule has 0 aliphatic heterocycles. The molecule has 6 heteroatoms. The maximum atomic E-state index is 11.2. The van der Waals surface area contributed by atoms with Gasteiger partial charge in [0.15, 0.2) is 0 Å². The van der Waals surface area contributed by atoms with Crippen molar-refractivity contribution in [2.45, 2.75) is 38.6 Å². The second-order valence-corrected chi connectivity index (χ2v) is 5.37. The highest BCUT2D eigenvalue weighted by molar-refractivity contribution is 5.94. The van der Waals surface area contributed by atoms with E-state index in [1.165, 1.54) is 19.0 Å². The second kappa shape index (κ2) is 5.11. The molecule has 1 saturated carbocycles. The molecular formula is C14H18N4O2. The predicted molar refractivity (Wildman–Crippen MR) is 77.8 cm³/mol. The zero-order chi connectivity index (χ0) is 14.1. The largest absolute Gasteiger partial charge is 0.376 e. The van der Waals surface area contributed by atoms with Gasteiger partial charge in [-0.15, -0.1) is 0 Å². The van der Waals surface area contributed by atoms with Crippen molar-refractivity contribution in [1.82, 2.24) is 9.97 Å². The van der Waals surface area contributed by atoms with E-state index >= 15 is 0 Å². The predicted octanol–water partition coefficient (Wildman–Crippen LogP) is 3.46. The summed E-state index contributed by atoms with van der Waals surface area (Å²) in [5.74, 6) is 0.594. The van der Waals surface area contributed by atoms with Crippen molar-refractivity contribution in [2.75, 3.05) is 5.32 Å². The fraction of sp³-hybridized carbons (Fsp3) is 0.500. The fourth-order valence-corrected chi connectivity index (χ4v) is 3.19. The van der Waals surface area contributed by atoms with E-state index in [1.54, 1.807) is 6.20 Å². The number of nitro groups is 1. The topological polar surface area (TPSA) is 83.8 Å². The number of H-pyrrole nitrogens is 1. The molecule has 106 valence electrons. The van der Waals surface area contributed by atoms with Gasteiger partial charge in [0.05, 0.1) is 4.92 Å². The van der Waals surface area contributed by atoms with Crippen molar-refractivity contribution in [3.05, 3.63) is 28.6 Å². The van der Waals surface area contributed by atoms with Gasteiger partial charge in [0, 0.05) is 17.6 Å². The highest BCUT2D eigenvalue weighted by atomic mass is 16.6. The van der Waals surface area contributed by atoms with Gasteiger partial charge < -0.3 is 10.3 Å². The van der Waals surface area contributed by atoms with E-state index in [0.29, 0.717) is 23.3 Å². The summed E-state index contributed by atoms with van der Waals surface area (Å²) in [4.78, 5) is 18.0. The summed E-state index contributed by atoms with van der Waals surface area (Å²) in [5.41, 5.74) is 1.34. The molecule has 1 aliphatic rings. The van der Waals surface area contributed by atoms with Gasteiger partial charge in [0.25, 0.3) is 0 Å². The number of hydrogen-bond donors (Lipinski definition) is 2. The van der Waals surface area contributed by atoms with Gasteiger partial charge in [0.1, 0.15) is 17.5 Å². The molecule has 3 rings (SSSR count). The first-order chi connectivity index (χ1) is 9.70. The second-order valence-electron chi connectivity index (χ2n) is 5.37. The van der Waals surface area contributed by atoms with Gasteiger partial charge in [0.2, 0.25) is 0 Å². The number of rotatable bonds is 4. The standard InChI is InChI=1S/C14H18N4O2/c1-2-9-4-3-5-11(9)17-13-10-6-7-15-14(10)16-8-12(13)18(19)20/h6-9,11H,2-5H2,1H3,(H2,15,16,17)/t9-,11+/m1/s1. The van der Waals surface area contributed by atoms with Crippen molar-refractivity contribution in [3.8, 4) is 0 Å². The summed E-state index contributed by atoms with van der Waals surface area (Å²) >= 11 is 0. The van der Waals surface area contributed by atoms with Crippen molar-refractivity contribution < 1.29 is 4.92 Å². The van der Waals surface area contributed by atoms with Crippen LogP contribution in [-0.2, 0) is 0 Å². The lowest BCUT2D eigenvalue weighted by molar-refractivity contribution is -0.384. The third-order valence-corrected chi connectivity index (χ3v) is 4.28. The Morgan fingerprint density at radius 1 is 1.55 bits per heavy atom. The number of aromatic nitrogens is 2. The van der Waals surface area contributed by atoms with Crippen LogP contribution in [0.1, 0.15) is 32.6 Å². The van der Waals surface area contributed by atoms with E-state index in [9.17, 15) is 10.1 Å². The maximum Gasteiger partial charge on any atom is 0.311 e. The summed E-state index contributed by atoms with van der Waals surface area (Å²) in [7, 11) is 0. The Morgan fingerprint density at radius 3 is 3.15 bits per heavy atom. The van der Waals surface area contributed by atoms with Crippen LogP contribution in [0.5, 0.6) is 0 Å². The van der Waals surface area contributed by atoms with Crippen LogP contribution >= 0.6 is 0 Å². The van der Waals surface area contributed by atoms with E-state index in [4.69, 9.17) is 0 Å². The number of fused-ring (bicyclic) bond motifs is 1. The van der Waals surface area contributed by atoms with Gasteiger partial charge in [-0.1, -0.05) is 19.8 Å².